The number of rotatable bonds is 5. The third-order valence-corrected chi connectivity index (χ3v) is 6.08. The number of hydrogen-bond donors (Lipinski definition) is 1. The van der Waals surface area contributed by atoms with E-state index in [0.717, 1.165) is 19.5 Å². The number of nitrogens with one attached hydrogen (secondary N) is 1. The van der Waals surface area contributed by atoms with Gasteiger partial charge in [0.25, 0.3) is 0 Å². The number of piperidine rings is 1. The second-order valence-electron chi connectivity index (χ2n) is 8.21. The van der Waals surface area contributed by atoms with Crippen molar-refractivity contribution >= 4 is 24.2 Å². The van der Waals surface area contributed by atoms with Gasteiger partial charge in [0.2, 0.25) is 11.8 Å². The number of hydrogen-bond acceptors (Lipinski definition) is 3. The minimum atomic E-state index is -0.319. The van der Waals surface area contributed by atoms with Gasteiger partial charge in [-0.3, -0.25) is 9.59 Å². The molecule has 162 valence electrons. The van der Waals surface area contributed by atoms with Gasteiger partial charge < -0.3 is 15.1 Å². The molecule has 2 aliphatic heterocycles. The second kappa shape index (κ2) is 11.5. The number of carbonyl (C=O) groups is 2. The first kappa shape index (κ1) is 23.6. The molecule has 0 spiro atoms. The number of carbonyl (C=O) groups excluding carboxylic acids is 2. The third kappa shape index (κ3) is 6.96. The van der Waals surface area contributed by atoms with Gasteiger partial charge in [-0.2, -0.15) is 0 Å². The molecule has 0 aliphatic carbocycles. The zero-order chi connectivity index (χ0) is 19.9. The van der Waals surface area contributed by atoms with Crippen molar-refractivity contribution in [2.24, 2.45) is 11.8 Å². The molecule has 1 N–H and O–H groups in total. The minimum Gasteiger partial charge on any atom is -0.341 e. The van der Waals surface area contributed by atoms with E-state index in [0.29, 0.717) is 50.0 Å². The summed E-state index contributed by atoms with van der Waals surface area (Å²) in [4.78, 5) is 29.1. The van der Waals surface area contributed by atoms with Crippen LogP contribution in [-0.4, -0.2) is 60.9 Å². The molecule has 1 aromatic carbocycles. The van der Waals surface area contributed by atoms with Crippen LogP contribution in [0.2, 0.25) is 0 Å². The molecule has 2 fully saturated rings. The van der Waals surface area contributed by atoms with Crippen molar-refractivity contribution in [2.45, 2.75) is 39.0 Å². The average Bonchev–Trinajstić information content (AvgIpc) is 2.95. The summed E-state index contributed by atoms with van der Waals surface area (Å²) in [5.74, 6) is 0.850. The van der Waals surface area contributed by atoms with Gasteiger partial charge >= 0.3 is 0 Å². The largest absolute Gasteiger partial charge is 0.341 e. The quantitative estimate of drug-likeness (QED) is 0.789. The highest BCUT2D eigenvalue weighted by Crippen LogP contribution is 2.23. The van der Waals surface area contributed by atoms with Crippen molar-refractivity contribution < 1.29 is 14.0 Å². The fourth-order valence-corrected chi connectivity index (χ4v) is 4.29. The summed E-state index contributed by atoms with van der Waals surface area (Å²) in [6.45, 7) is 6.78. The summed E-state index contributed by atoms with van der Waals surface area (Å²) in [5, 5.41) is 3.43. The first-order valence-electron chi connectivity index (χ1n) is 10.5. The Labute approximate surface area is 179 Å². The molecule has 2 saturated heterocycles. The Bertz CT molecular complexity index is 682. The summed E-state index contributed by atoms with van der Waals surface area (Å²) in [6.07, 6.45) is 3.97. The maximum atomic E-state index is 13.3. The lowest BCUT2D eigenvalue weighted by molar-refractivity contribution is -0.134. The maximum absolute atomic E-state index is 13.3. The van der Waals surface area contributed by atoms with Crippen molar-refractivity contribution in [3.05, 3.63) is 35.6 Å². The molecule has 2 unspecified atom stereocenters. The third-order valence-electron chi connectivity index (χ3n) is 6.08. The monoisotopic (exact) mass is 425 g/mol. The standard InChI is InChI=1S/C22H32FN3O2.ClH/c1-17(19-6-3-8-24-16-19)13-21(27)25-9-4-10-26(12-11-25)22(28)15-18-5-2-7-20(23)14-18;/h2,5,7,14,17,19,24H,3-4,6,8-13,15-16H2,1H3;1H. The van der Waals surface area contributed by atoms with Crippen LogP contribution in [0.1, 0.15) is 38.2 Å². The predicted molar refractivity (Wildman–Crippen MR) is 115 cm³/mol. The fourth-order valence-electron chi connectivity index (χ4n) is 4.29. The van der Waals surface area contributed by atoms with E-state index in [1.807, 2.05) is 9.80 Å². The van der Waals surface area contributed by atoms with Gasteiger partial charge in [0.1, 0.15) is 5.82 Å². The summed E-state index contributed by atoms with van der Waals surface area (Å²) in [7, 11) is 0. The Morgan fingerprint density at radius 2 is 1.86 bits per heavy atom. The Morgan fingerprint density at radius 3 is 2.52 bits per heavy atom. The summed E-state index contributed by atoms with van der Waals surface area (Å²) in [6, 6.07) is 6.20. The van der Waals surface area contributed by atoms with Crippen LogP contribution in [0.15, 0.2) is 24.3 Å². The van der Waals surface area contributed by atoms with E-state index < -0.39 is 0 Å². The first-order valence-corrected chi connectivity index (χ1v) is 10.5. The fraction of sp³-hybridized carbons (Fsp3) is 0.636. The van der Waals surface area contributed by atoms with E-state index in [4.69, 9.17) is 0 Å². The van der Waals surface area contributed by atoms with Crippen LogP contribution >= 0.6 is 12.4 Å². The van der Waals surface area contributed by atoms with Gasteiger partial charge in [-0.05, 0) is 61.9 Å². The van der Waals surface area contributed by atoms with Gasteiger partial charge in [-0.1, -0.05) is 19.1 Å². The molecule has 5 nitrogen and oxygen atoms in total. The molecule has 0 saturated carbocycles. The zero-order valence-corrected chi connectivity index (χ0v) is 18.1. The number of amides is 2. The van der Waals surface area contributed by atoms with Crippen molar-refractivity contribution in [2.75, 3.05) is 39.3 Å². The van der Waals surface area contributed by atoms with Gasteiger partial charge in [-0.15, -0.1) is 12.4 Å². The van der Waals surface area contributed by atoms with Crippen LogP contribution in [-0.2, 0) is 16.0 Å². The van der Waals surface area contributed by atoms with E-state index in [2.05, 4.69) is 12.2 Å². The van der Waals surface area contributed by atoms with E-state index in [1.165, 1.54) is 25.0 Å². The topological polar surface area (TPSA) is 52.7 Å². The molecular formula is C22H33ClFN3O2. The molecule has 2 amide bonds. The van der Waals surface area contributed by atoms with Crippen molar-refractivity contribution in [3.63, 3.8) is 0 Å². The van der Waals surface area contributed by atoms with E-state index >= 15 is 0 Å². The predicted octanol–water partition coefficient (Wildman–Crippen LogP) is 2.88. The second-order valence-corrected chi connectivity index (χ2v) is 8.21. The molecule has 29 heavy (non-hydrogen) atoms. The van der Waals surface area contributed by atoms with Crippen molar-refractivity contribution in [1.82, 2.24) is 15.1 Å². The van der Waals surface area contributed by atoms with Crippen LogP contribution in [0, 0.1) is 17.7 Å². The molecule has 0 aromatic heterocycles. The Balaban J connectivity index is 0.00000300. The number of benzene rings is 1. The molecular weight excluding hydrogens is 393 g/mol. The minimum absolute atomic E-state index is 0. The lowest BCUT2D eigenvalue weighted by Crippen LogP contribution is -2.39. The molecule has 0 bridgehead atoms. The number of nitrogens with zero attached hydrogens (tertiary/aromatic N) is 2. The Morgan fingerprint density at radius 1 is 1.14 bits per heavy atom. The average molecular weight is 426 g/mol. The van der Waals surface area contributed by atoms with E-state index in [9.17, 15) is 14.0 Å². The highest BCUT2D eigenvalue weighted by molar-refractivity contribution is 5.85. The van der Waals surface area contributed by atoms with Gasteiger partial charge in [0.05, 0.1) is 6.42 Å². The maximum Gasteiger partial charge on any atom is 0.227 e. The molecule has 2 heterocycles. The molecule has 7 heteroatoms. The van der Waals surface area contributed by atoms with Crippen LogP contribution in [0.4, 0.5) is 4.39 Å². The smallest absolute Gasteiger partial charge is 0.227 e. The van der Waals surface area contributed by atoms with Gasteiger partial charge in [0.15, 0.2) is 0 Å². The Hall–Kier alpha value is -1.66. The van der Waals surface area contributed by atoms with Crippen LogP contribution < -0.4 is 5.32 Å². The van der Waals surface area contributed by atoms with Gasteiger partial charge in [-0.25, -0.2) is 4.39 Å². The zero-order valence-electron chi connectivity index (χ0n) is 17.2. The highest BCUT2D eigenvalue weighted by atomic mass is 35.5. The molecule has 1 aromatic rings. The summed E-state index contributed by atoms with van der Waals surface area (Å²) >= 11 is 0. The lowest BCUT2D eigenvalue weighted by atomic mass is 9.85. The lowest BCUT2D eigenvalue weighted by Gasteiger charge is -2.30. The number of halogens is 2. The van der Waals surface area contributed by atoms with Crippen molar-refractivity contribution in [1.29, 1.82) is 0 Å². The van der Waals surface area contributed by atoms with Crippen LogP contribution in [0.3, 0.4) is 0 Å². The SMILES string of the molecule is CC(CC(=O)N1CCCN(C(=O)Cc2cccc(F)c2)CC1)C1CCCNC1.Cl. The highest BCUT2D eigenvalue weighted by Gasteiger charge is 2.26. The first-order chi connectivity index (χ1) is 13.5. The van der Waals surface area contributed by atoms with Crippen molar-refractivity contribution in [3.8, 4) is 0 Å². The van der Waals surface area contributed by atoms with Gasteiger partial charge in [0, 0.05) is 32.6 Å². The molecule has 0 radical (unpaired) electrons. The summed E-state index contributed by atoms with van der Waals surface area (Å²) in [5.41, 5.74) is 0.692. The van der Waals surface area contributed by atoms with Crippen LogP contribution in [0.25, 0.3) is 0 Å². The van der Waals surface area contributed by atoms with E-state index in [1.54, 1.807) is 12.1 Å². The Kier molecular flexibility index (Phi) is 9.37. The molecule has 3 rings (SSSR count). The summed E-state index contributed by atoms with van der Waals surface area (Å²) < 4.78 is 13.3. The molecule has 2 aliphatic rings. The van der Waals surface area contributed by atoms with Crippen LogP contribution in [0.5, 0.6) is 0 Å². The molecule has 2 atom stereocenters. The normalized spacial score (nSPS) is 21.1. The van der Waals surface area contributed by atoms with E-state index in [-0.39, 0.29) is 36.5 Å².